The van der Waals surface area contributed by atoms with Crippen LogP contribution in [0, 0.1) is 5.82 Å². The third kappa shape index (κ3) is 5.79. The molecule has 0 heterocycles. The van der Waals surface area contributed by atoms with Crippen molar-refractivity contribution in [2.45, 2.75) is 26.3 Å². The van der Waals surface area contributed by atoms with Crippen LogP contribution in [0.15, 0.2) is 12.1 Å². The molecule has 0 aromatic heterocycles. The third-order valence-corrected chi connectivity index (χ3v) is 3.48. The Kier molecular flexibility index (Phi) is 7.58. The van der Waals surface area contributed by atoms with E-state index in [-0.39, 0.29) is 17.6 Å². The maximum atomic E-state index is 13.5. The molecular formula is C14H18Cl2FN3O2. The van der Waals surface area contributed by atoms with Gasteiger partial charge in [0, 0.05) is 17.6 Å². The van der Waals surface area contributed by atoms with Crippen molar-refractivity contribution in [3.63, 3.8) is 0 Å². The fraction of sp³-hybridized carbons (Fsp3) is 0.429. The van der Waals surface area contributed by atoms with Gasteiger partial charge in [-0.15, -0.1) is 0 Å². The fourth-order valence-corrected chi connectivity index (χ4v) is 2.23. The van der Waals surface area contributed by atoms with E-state index in [2.05, 4.69) is 16.0 Å². The normalized spacial score (nSPS) is 11.9. The summed E-state index contributed by atoms with van der Waals surface area (Å²) in [5.74, 6) is -1.08. The first-order valence-corrected chi connectivity index (χ1v) is 7.56. The van der Waals surface area contributed by atoms with Crippen LogP contribution in [-0.4, -0.2) is 25.0 Å². The molecule has 0 saturated heterocycles. The van der Waals surface area contributed by atoms with Gasteiger partial charge in [0.05, 0.1) is 11.6 Å². The van der Waals surface area contributed by atoms with E-state index >= 15 is 0 Å². The van der Waals surface area contributed by atoms with Crippen LogP contribution in [0.2, 0.25) is 10.0 Å². The van der Waals surface area contributed by atoms with Crippen molar-refractivity contribution in [3.8, 4) is 0 Å². The number of rotatable bonds is 6. The molecule has 0 bridgehead atoms. The minimum absolute atomic E-state index is 0.0636. The molecule has 122 valence electrons. The Hall–Kier alpha value is -1.37. The van der Waals surface area contributed by atoms with Crippen LogP contribution >= 0.6 is 23.2 Å². The number of amides is 3. The van der Waals surface area contributed by atoms with E-state index in [0.29, 0.717) is 17.1 Å². The molecule has 0 aliphatic rings. The van der Waals surface area contributed by atoms with Crippen LogP contribution in [0.3, 0.4) is 0 Å². The maximum absolute atomic E-state index is 13.5. The SMILES string of the molecule is CCCNC(=O)NC(=O)CN[C@H](C)c1cc(F)c(Cl)cc1Cl. The molecule has 5 nitrogen and oxygen atoms in total. The van der Waals surface area contributed by atoms with Gasteiger partial charge in [0.1, 0.15) is 5.82 Å². The molecule has 0 saturated carbocycles. The van der Waals surface area contributed by atoms with Gasteiger partial charge in [-0.25, -0.2) is 9.18 Å². The number of benzene rings is 1. The summed E-state index contributed by atoms with van der Waals surface area (Å²) >= 11 is 11.6. The van der Waals surface area contributed by atoms with Crippen molar-refractivity contribution in [2.24, 2.45) is 0 Å². The number of imide groups is 1. The molecule has 1 rings (SSSR count). The van der Waals surface area contributed by atoms with Crippen LogP contribution < -0.4 is 16.0 Å². The van der Waals surface area contributed by atoms with E-state index in [0.717, 1.165) is 6.42 Å². The molecule has 3 amide bonds. The van der Waals surface area contributed by atoms with E-state index in [1.165, 1.54) is 12.1 Å². The number of halogens is 3. The number of hydrogen-bond donors (Lipinski definition) is 3. The van der Waals surface area contributed by atoms with Gasteiger partial charge in [-0.2, -0.15) is 0 Å². The second-order valence-corrected chi connectivity index (χ2v) is 5.51. The lowest BCUT2D eigenvalue weighted by atomic mass is 10.1. The lowest BCUT2D eigenvalue weighted by molar-refractivity contribution is -0.119. The van der Waals surface area contributed by atoms with Crippen LogP contribution in [0.25, 0.3) is 0 Å². The smallest absolute Gasteiger partial charge is 0.321 e. The van der Waals surface area contributed by atoms with Gasteiger partial charge in [-0.05, 0) is 31.0 Å². The van der Waals surface area contributed by atoms with Gasteiger partial charge >= 0.3 is 6.03 Å². The maximum Gasteiger partial charge on any atom is 0.321 e. The second-order valence-electron chi connectivity index (χ2n) is 4.69. The predicted molar refractivity (Wildman–Crippen MR) is 84.7 cm³/mol. The Labute approximate surface area is 138 Å². The van der Waals surface area contributed by atoms with Gasteiger partial charge in [0.25, 0.3) is 0 Å². The summed E-state index contributed by atoms with van der Waals surface area (Å²) in [7, 11) is 0. The molecule has 0 unspecified atom stereocenters. The number of carbonyl (C=O) groups is 2. The minimum Gasteiger partial charge on any atom is -0.338 e. The Morgan fingerprint density at radius 1 is 1.27 bits per heavy atom. The predicted octanol–water partition coefficient (Wildman–Crippen LogP) is 3.02. The number of nitrogens with one attached hydrogen (secondary N) is 3. The van der Waals surface area contributed by atoms with Crippen molar-refractivity contribution in [2.75, 3.05) is 13.1 Å². The Balaban J connectivity index is 2.52. The first-order valence-electron chi connectivity index (χ1n) is 6.80. The molecular weight excluding hydrogens is 332 g/mol. The molecule has 0 radical (unpaired) electrons. The highest BCUT2D eigenvalue weighted by Crippen LogP contribution is 2.28. The van der Waals surface area contributed by atoms with Gasteiger partial charge in [0.2, 0.25) is 5.91 Å². The first kappa shape index (κ1) is 18.7. The zero-order valence-electron chi connectivity index (χ0n) is 12.3. The molecule has 22 heavy (non-hydrogen) atoms. The molecule has 0 spiro atoms. The number of urea groups is 1. The molecule has 0 aliphatic carbocycles. The zero-order chi connectivity index (χ0) is 16.7. The van der Waals surface area contributed by atoms with E-state index in [1.807, 2.05) is 6.92 Å². The van der Waals surface area contributed by atoms with Crippen molar-refractivity contribution >= 4 is 35.1 Å². The quantitative estimate of drug-likeness (QED) is 0.691. The lowest BCUT2D eigenvalue weighted by Gasteiger charge is -2.16. The van der Waals surface area contributed by atoms with Crippen LogP contribution in [-0.2, 0) is 4.79 Å². The molecule has 0 aliphatic heterocycles. The van der Waals surface area contributed by atoms with Gasteiger partial charge < -0.3 is 10.6 Å². The summed E-state index contributed by atoms with van der Waals surface area (Å²) in [5, 5.41) is 7.79. The minimum atomic E-state index is -0.585. The van der Waals surface area contributed by atoms with Crippen molar-refractivity contribution < 1.29 is 14.0 Å². The van der Waals surface area contributed by atoms with E-state index < -0.39 is 17.8 Å². The monoisotopic (exact) mass is 349 g/mol. The van der Waals surface area contributed by atoms with Crippen LogP contribution in [0.5, 0.6) is 0 Å². The third-order valence-electron chi connectivity index (χ3n) is 2.86. The van der Waals surface area contributed by atoms with Crippen molar-refractivity contribution in [3.05, 3.63) is 33.6 Å². The largest absolute Gasteiger partial charge is 0.338 e. The number of hydrogen-bond acceptors (Lipinski definition) is 3. The van der Waals surface area contributed by atoms with E-state index in [1.54, 1.807) is 6.92 Å². The number of carbonyl (C=O) groups excluding carboxylic acids is 2. The fourth-order valence-electron chi connectivity index (χ4n) is 1.68. The molecule has 1 aromatic carbocycles. The lowest BCUT2D eigenvalue weighted by Crippen LogP contribution is -2.43. The van der Waals surface area contributed by atoms with Gasteiger partial charge in [0.15, 0.2) is 0 Å². The first-order chi connectivity index (χ1) is 10.3. The molecule has 1 atom stereocenters. The highest BCUT2D eigenvalue weighted by atomic mass is 35.5. The Morgan fingerprint density at radius 2 is 1.95 bits per heavy atom. The summed E-state index contributed by atoms with van der Waals surface area (Å²) in [6, 6.07) is 1.60. The highest BCUT2D eigenvalue weighted by Gasteiger charge is 2.15. The van der Waals surface area contributed by atoms with Gasteiger partial charge in [-0.1, -0.05) is 30.1 Å². The molecule has 0 fully saturated rings. The second kappa shape index (κ2) is 8.92. The topological polar surface area (TPSA) is 70.2 Å². The van der Waals surface area contributed by atoms with Gasteiger partial charge in [-0.3, -0.25) is 10.1 Å². The standard InChI is InChI=1S/C14H18Cl2FN3O2/c1-3-4-18-14(22)20-13(21)7-19-8(2)9-5-12(17)11(16)6-10(9)15/h5-6,8,19H,3-4,7H2,1-2H3,(H2,18,20,21,22)/t8-/m1/s1. The van der Waals surface area contributed by atoms with Crippen LogP contribution in [0.1, 0.15) is 31.9 Å². The summed E-state index contributed by atoms with van der Waals surface area (Å²) in [4.78, 5) is 22.9. The van der Waals surface area contributed by atoms with Crippen molar-refractivity contribution in [1.29, 1.82) is 0 Å². The summed E-state index contributed by atoms with van der Waals surface area (Å²) in [6.45, 7) is 4.00. The summed E-state index contributed by atoms with van der Waals surface area (Å²) in [6.07, 6.45) is 0.775. The zero-order valence-corrected chi connectivity index (χ0v) is 13.8. The van der Waals surface area contributed by atoms with Crippen molar-refractivity contribution in [1.82, 2.24) is 16.0 Å². The highest BCUT2D eigenvalue weighted by molar-refractivity contribution is 6.35. The Bertz CT molecular complexity index is 555. The van der Waals surface area contributed by atoms with Crippen LogP contribution in [0.4, 0.5) is 9.18 Å². The Morgan fingerprint density at radius 3 is 2.59 bits per heavy atom. The summed E-state index contributed by atoms with van der Waals surface area (Å²) in [5.41, 5.74) is 0.479. The molecule has 3 N–H and O–H groups in total. The summed E-state index contributed by atoms with van der Waals surface area (Å²) < 4.78 is 13.5. The molecule has 1 aromatic rings. The molecule has 8 heteroatoms. The average Bonchev–Trinajstić information content (AvgIpc) is 2.46. The van der Waals surface area contributed by atoms with E-state index in [9.17, 15) is 14.0 Å². The van der Waals surface area contributed by atoms with E-state index in [4.69, 9.17) is 23.2 Å². The average molecular weight is 350 g/mol.